The largest absolute Gasteiger partial charge is 0.447 e. The molecule has 0 fully saturated rings. The fourth-order valence-corrected chi connectivity index (χ4v) is 2.31. The van der Waals surface area contributed by atoms with E-state index < -0.39 is 11.9 Å². The van der Waals surface area contributed by atoms with Gasteiger partial charge < -0.3 is 10.1 Å². The van der Waals surface area contributed by atoms with Gasteiger partial charge in [-0.25, -0.2) is 18.9 Å². The molecule has 3 rings (SSSR count). The van der Waals surface area contributed by atoms with Gasteiger partial charge in [0, 0.05) is 24.3 Å². The summed E-state index contributed by atoms with van der Waals surface area (Å²) in [5, 5.41) is 10.5. The van der Waals surface area contributed by atoms with Gasteiger partial charge in [0.1, 0.15) is 11.5 Å². The van der Waals surface area contributed by atoms with Crippen molar-refractivity contribution >= 4 is 28.5 Å². The SMILES string of the molecule is CNc1ccc(F)c(-n2cc3cc(NC(=O)OC(C)C)cnc3n2)c1. The Kier molecular flexibility index (Phi) is 4.51. The van der Waals surface area contributed by atoms with E-state index in [4.69, 9.17) is 4.74 Å². The molecule has 0 unspecified atom stereocenters. The number of aromatic nitrogens is 3. The Hall–Kier alpha value is -3.16. The average Bonchev–Trinajstić information content (AvgIpc) is 2.97. The van der Waals surface area contributed by atoms with Crippen LogP contribution in [-0.4, -0.2) is 34.0 Å². The van der Waals surface area contributed by atoms with Crippen molar-refractivity contribution in [1.82, 2.24) is 14.8 Å². The van der Waals surface area contributed by atoms with E-state index in [1.807, 2.05) is 0 Å². The van der Waals surface area contributed by atoms with Crippen LogP contribution >= 0.6 is 0 Å². The predicted molar refractivity (Wildman–Crippen MR) is 93.6 cm³/mol. The summed E-state index contributed by atoms with van der Waals surface area (Å²) in [6.45, 7) is 3.53. The predicted octanol–water partition coefficient (Wildman–Crippen LogP) is 3.56. The van der Waals surface area contributed by atoms with Crippen LogP contribution in [0.1, 0.15) is 13.8 Å². The van der Waals surface area contributed by atoms with Crippen LogP contribution in [0.15, 0.2) is 36.7 Å². The van der Waals surface area contributed by atoms with Crippen molar-refractivity contribution in [3.8, 4) is 5.69 Å². The molecule has 25 heavy (non-hydrogen) atoms. The molecule has 0 bridgehead atoms. The number of carbonyl (C=O) groups excluding carboxylic acids is 1. The molecule has 0 aliphatic heterocycles. The molecule has 2 aromatic heterocycles. The molecule has 0 radical (unpaired) electrons. The molecule has 2 heterocycles. The topological polar surface area (TPSA) is 81.1 Å². The van der Waals surface area contributed by atoms with E-state index in [-0.39, 0.29) is 6.10 Å². The van der Waals surface area contributed by atoms with Crippen LogP contribution in [0.5, 0.6) is 0 Å². The van der Waals surface area contributed by atoms with Gasteiger partial charge in [-0.3, -0.25) is 5.32 Å². The van der Waals surface area contributed by atoms with E-state index in [1.54, 1.807) is 45.3 Å². The highest BCUT2D eigenvalue weighted by molar-refractivity contribution is 5.88. The maximum atomic E-state index is 14.1. The summed E-state index contributed by atoms with van der Waals surface area (Å²) in [7, 11) is 1.76. The molecule has 3 aromatic rings. The zero-order valence-electron chi connectivity index (χ0n) is 14.1. The van der Waals surface area contributed by atoms with Gasteiger partial charge in [-0.2, -0.15) is 0 Å². The maximum absolute atomic E-state index is 14.1. The van der Waals surface area contributed by atoms with Crippen LogP contribution in [0.2, 0.25) is 0 Å². The number of nitrogens with zero attached hydrogens (tertiary/aromatic N) is 3. The highest BCUT2D eigenvalue weighted by atomic mass is 19.1. The molecule has 8 heteroatoms. The molecule has 7 nitrogen and oxygen atoms in total. The van der Waals surface area contributed by atoms with Crippen molar-refractivity contribution in [2.24, 2.45) is 0 Å². The first-order valence-corrected chi connectivity index (χ1v) is 7.77. The number of fused-ring (bicyclic) bond motifs is 1. The zero-order valence-corrected chi connectivity index (χ0v) is 14.1. The van der Waals surface area contributed by atoms with Crippen LogP contribution in [-0.2, 0) is 4.74 Å². The third kappa shape index (κ3) is 3.68. The van der Waals surface area contributed by atoms with Gasteiger partial charge in [-0.05, 0) is 38.1 Å². The minimum atomic E-state index is -0.559. The van der Waals surface area contributed by atoms with E-state index in [2.05, 4.69) is 20.7 Å². The van der Waals surface area contributed by atoms with Crippen molar-refractivity contribution in [2.45, 2.75) is 20.0 Å². The fraction of sp³-hybridized carbons (Fsp3) is 0.235. The van der Waals surface area contributed by atoms with Crippen molar-refractivity contribution in [3.63, 3.8) is 0 Å². The number of anilines is 2. The number of hydrogen-bond acceptors (Lipinski definition) is 5. The molecule has 0 saturated heterocycles. The van der Waals surface area contributed by atoms with Crippen molar-refractivity contribution < 1.29 is 13.9 Å². The Labute approximate surface area is 143 Å². The molecule has 130 valence electrons. The highest BCUT2D eigenvalue weighted by Crippen LogP contribution is 2.22. The van der Waals surface area contributed by atoms with Gasteiger partial charge in [0.2, 0.25) is 0 Å². The number of rotatable bonds is 4. The Morgan fingerprint density at radius 1 is 1.28 bits per heavy atom. The second kappa shape index (κ2) is 6.76. The van der Waals surface area contributed by atoms with Gasteiger partial charge in [-0.15, -0.1) is 5.10 Å². The summed E-state index contributed by atoms with van der Waals surface area (Å²) >= 11 is 0. The standard InChI is InChI=1S/C17H18FN5O2/c1-10(2)25-17(24)21-13-6-11-9-23(22-16(11)20-8-13)15-7-12(19-3)4-5-14(15)18/h4-10,19H,1-3H3,(H,21,24). The summed E-state index contributed by atoms with van der Waals surface area (Å²) < 4.78 is 20.6. The van der Waals surface area contributed by atoms with E-state index in [0.29, 0.717) is 22.4 Å². The lowest BCUT2D eigenvalue weighted by Gasteiger charge is -2.08. The molecule has 2 N–H and O–H groups in total. The minimum Gasteiger partial charge on any atom is -0.447 e. The summed E-state index contributed by atoms with van der Waals surface area (Å²) in [4.78, 5) is 15.9. The number of nitrogens with one attached hydrogen (secondary N) is 2. The van der Waals surface area contributed by atoms with Crippen LogP contribution in [0.4, 0.5) is 20.6 Å². The first-order valence-electron chi connectivity index (χ1n) is 7.77. The number of halogens is 1. The molecule has 1 amide bonds. The highest BCUT2D eigenvalue weighted by Gasteiger charge is 2.11. The Morgan fingerprint density at radius 3 is 2.80 bits per heavy atom. The summed E-state index contributed by atoms with van der Waals surface area (Å²) in [5.41, 5.74) is 1.99. The van der Waals surface area contributed by atoms with E-state index in [9.17, 15) is 9.18 Å². The molecule has 0 atom stereocenters. The fourth-order valence-electron chi connectivity index (χ4n) is 2.31. The van der Waals surface area contributed by atoms with Gasteiger partial charge in [0.25, 0.3) is 0 Å². The number of pyridine rings is 1. The summed E-state index contributed by atoms with van der Waals surface area (Å²) in [6.07, 6.45) is 2.35. The first-order chi connectivity index (χ1) is 12.0. The Morgan fingerprint density at radius 2 is 2.08 bits per heavy atom. The van der Waals surface area contributed by atoms with Crippen LogP contribution < -0.4 is 10.6 Å². The number of amides is 1. The molecular formula is C17H18FN5O2. The molecule has 0 spiro atoms. The lowest BCUT2D eigenvalue weighted by molar-refractivity contribution is 0.130. The number of hydrogen-bond donors (Lipinski definition) is 2. The third-order valence-electron chi connectivity index (χ3n) is 3.43. The Bertz CT molecular complexity index is 923. The zero-order chi connectivity index (χ0) is 18.0. The Balaban J connectivity index is 1.92. The molecule has 0 aliphatic rings. The van der Waals surface area contributed by atoms with E-state index in [1.165, 1.54) is 16.9 Å². The number of benzene rings is 1. The number of carbonyl (C=O) groups is 1. The monoisotopic (exact) mass is 343 g/mol. The first kappa shape index (κ1) is 16.7. The van der Waals surface area contributed by atoms with Crippen LogP contribution in [0, 0.1) is 5.82 Å². The number of ether oxygens (including phenoxy) is 1. The van der Waals surface area contributed by atoms with Gasteiger partial charge in [0.05, 0.1) is 18.0 Å². The minimum absolute atomic E-state index is 0.220. The van der Waals surface area contributed by atoms with Crippen molar-refractivity contribution in [1.29, 1.82) is 0 Å². The normalized spacial score (nSPS) is 10.9. The molecule has 0 saturated carbocycles. The second-order valence-electron chi connectivity index (χ2n) is 5.71. The van der Waals surface area contributed by atoms with E-state index in [0.717, 1.165) is 5.69 Å². The van der Waals surface area contributed by atoms with Gasteiger partial charge in [0.15, 0.2) is 5.65 Å². The van der Waals surface area contributed by atoms with Crippen LogP contribution in [0.25, 0.3) is 16.7 Å². The van der Waals surface area contributed by atoms with Crippen molar-refractivity contribution in [2.75, 3.05) is 17.7 Å². The van der Waals surface area contributed by atoms with Gasteiger partial charge >= 0.3 is 6.09 Å². The smallest absolute Gasteiger partial charge is 0.411 e. The molecule has 1 aromatic carbocycles. The lowest BCUT2D eigenvalue weighted by Crippen LogP contribution is -2.17. The van der Waals surface area contributed by atoms with Gasteiger partial charge in [-0.1, -0.05) is 0 Å². The molecule has 0 aliphatic carbocycles. The maximum Gasteiger partial charge on any atom is 0.411 e. The second-order valence-corrected chi connectivity index (χ2v) is 5.71. The third-order valence-corrected chi connectivity index (χ3v) is 3.43. The van der Waals surface area contributed by atoms with Crippen LogP contribution in [0.3, 0.4) is 0 Å². The summed E-state index contributed by atoms with van der Waals surface area (Å²) in [6, 6.07) is 6.37. The van der Waals surface area contributed by atoms with E-state index >= 15 is 0 Å². The average molecular weight is 343 g/mol. The summed E-state index contributed by atoms with van der Waals surface area (Å²) in [5.74, 6) is -0.398. The quantitative estimate of drug-likeness (QED) is 0.757. The molecular weight excluding hydrogens is 325 g/mol. The van der Waals surface area contributed by atoms with Crippen molar-refractivity contribution in [3.05, 3.63) is 42.5 Å². The lowest BCUT2D eigenvalue weighted by atomic mass is 10.2.